The number of carboxylic acid groups (broad SMARTS) is 1. The van der Waals surface area contributed by atoms with Crippen LogP contribution in [0.1, 0.15) is 104 Å². The number of urea groups is 4. The molecular formula is C60H59Br2N9O11. The molecule has 12 amide bonds. The minimum Gasteiger partial charge on any atom is -0.478 e. The fourth-order valence-electron chi connectivity index (χ4n) is 12.3. The maximum Gasteiger partial charge on any atom is 0.335 e. The number of fused-ring (bicyclic) bond motifs is 5. The number of carbonyl (C=O) groups is 10. The molecule has 5 aromatic rings. The first-order valence-electron chi connectivity index (χ1n) is 26.9. The van der Waals surface area contributed by atoms with Gasteiger partial charge < -0.3 is 32.1 Å². The summed E-state index contributed by atoms with van der Waals surface area (Å²) in [4.78, 5) is 114. The van der Waals surface area contributed by atoms with Gasteiger partial charge >= 0.3 is 30.1 Å². The van der Waals surface area contributed by atoms with E-state index in [1.807, 2.05) is 48.5 Å². The summed E-state index contributed by atoms with van der Waals surface area (Å²) in [6.07, 6.45) is 9.80. The fraction of sp³-hybridized carbons (Fsp3) is 0.333. The van der Waals surface area contributed by atoms with Crippen molar-refractivity contribution in [2.45, 2.75) is 125 Å². The van der Waals surface area contributed by atoms with Gasteiger partial charge in [-0.05, 0) is 169 Å². The first-order chi connectivity index (χ1) is 39.0. The summed E-state index contributed by atoms with van der Waals surface area (Å²) in [6, 6.07) is 27.5. The third kappa shape index (κ3) is 11.9. The molecule has 0 bridgehead atoms. The minimum atomic E-state index is -0.963. The van der Waals surface area contributed by atoms with Crippen LogP contribution in [0.15, 0.2) is 99.9 Å². The molecule has 11 N–H and O–H groups in total. The lowest BCUT2D eigenvalue weighted by atomic mass is 9.77. The Hall–Kier alpha value is -8.24. The predicted octanol–water partition coefficient (Wildman–Crippen LogP) is 5.87. The molecular weight excluding hydrogens is 1180 g/mol. The van der Waals surface area contributed by atoms with Crippen LogP contribution in [0.2, 0.25) is 0 Å². The van der Waals surface area contributed by atoms with E-state index in [4.69, 9.17) is 10.8 Å². The van der Waals surface area contributed by atoms with Crippen LogP contribution in [0.5, 0.6) is 0 Å². The van der Waals surface area contributed by atoms with Crippen LogP contribution < -0.4 is 48.3 Å². The summed E-state index contributed by atoms with van der Waals surface area (Å²) in [5.41, 5.74) is 16.4. The number of Topliss-reactive ketones (excluding diaryl/α,β-unsaturated/α-hetero) is 1. The number of nitrogen functional groups attached to an aromatic ring is 1. The van der Waals surface area contributed by atoms with Crippen molar-refractivity contribution in [3.8, 4) is 0 Å². The smallest absolute Gasteiger partial charge is 0.335 e. The molecule has 4 heterocycles. The fourth-order valence-corrected chi connectivity index (χ4v) is 13.1. The van der Waals surface area contributed by atoms with E-state index in [-0.39, 0.29) is 41.3 Å². The van der Waals surface area contributed by atoms with E-state index in [9.17, 15) is 47.9 Å². The Morgan fingerprint density at radius 2 is 0.780 bits per heavy atom. The first-order valence-corrected chi connectivity index (χ1v) is 28.5. The van der Waals surface area contributed by atoms with Gasteiger partial charge in [-0.1, -0.05) is 79.9 Å². The van der Waals surface area contributed by atoms with Gasteiger partial charge in [-0.25, -0.2) is 24.0 Å². The largest absolute Gasteiger partial charge is 0.478 e. The van der Waals surface area contributed by atoms with Crippen molar-refractivity contribution >= 4 is 97.1 Å². The number of aromatic carboxylic acids is 1. The molecule has 4 unspecified atom stereocenters. The van der Waals surface area contributed by atoms with Gasteiger partial charge in [-0.3, -0.25) is 45.2 Å². The van der Waals surface area contributed by atoms with Crippen molar-refractivity contribution in [1.82, 2.24) is 42.5 Å². The van der Waals surface area contributed by atoms with Crippen LogP contribution in [0.4, 0.5) is 24.9 Å². The van der Waals surface area contributed by atoms with E-state index in [0.29, 0.717) is 76.4 Å². The number of ketones is 1. The first kappa shape index (κ1) is 57.0. The van der Waals surface area contributed by atoms with Gasteiger partial charge in [0.05, 0.1) is 5.56 Å². The monoisotopic (exact) mass is 1240 g/mol. The van der Waals surface area contributed by atoms with Crippen LogP contribution in [-0.4, -0.2) is 86.8 Å². The molecule has 4 aliphatic heterocycles. The van der Waals surface area contributed by atoms with Gasteiger partial charge in [-0.2, -0.15) is 0 Å². The number of halogens is 2. The normalized spacial score (nSPS) is 24.6. The van der Waals surface area contributed by atoms with Crippen LogP contribution >= 0.6 is 31.9 Å². The Labute approximate surface area is 487 Å². The number of carbonyl (C=O) groups excluding carboxylic acids is 9. The van der Waals surface area contributed by atoms with Crippen molar-refractivity contribution in [2.75, 3.05) is 5.73 Å². The number of nitrogens with two attached hydrogens (primary N) is 1. The highest BCUT2D eigenvalue weighted by molar-refractivity contribution is 9.10. The molecule has 4 fully saturated rings. The second-order valence-corrected chi connectivity index (χ2v) is 24.1. The second-order valence-electron chi connectivity index (χ2n) is 22.3. The highest BCUT2D eigenvalue weighted by Gasteiger charge is 2.51. The highest BCUT2D eigenvalue weighted by atomic mass is 79.9. The number of amides is 12. The van der Waals surface area contributed by atoms with Crippen molar-refractivity contribution < 1.29 is 53.1 Å². The Bertz CT molecular complexity index is 3360. The lowest BCUT2D eigenvalue weighted by Gasteiger charge is -2.31. The molecule has 4 spiro atoms. The number of benzene rings is 5. The lowest BCUT2D eigenvalue weighted by Crippen LogP contribution is -2.51. The van der Waals surface area contributed by atoms with E-state index in [1.54, 1.807) is 12.1 Å². The van der Waals surface area contributed by atoms with E-state index in [0.717, 1.165) is 62.6 Å². The average molecular weight is 1240 g/mol. The molecule has 14 rings (SSSR count). The molecule has 22 heteroatoms. The Morgan fingerprint density at radius 1 is 0.427 bits per heavy atom. The molecule has 5 aliphatic carbocycles. The van der Waals surface area contributed by atoms with E-state index in [1.165, 1.54) is 45.0 Å². The summed E-state index contributed by atoms with van der Waals surface area (Å²) >= 11 is 6.86. The lowest BCUT2D eigenvalue weighted by molar-refractivity contribution is -0.125. The van der Waals surface area contributed by atoms with Gasteiger partial charge in [0.2, 0.25) is 0 Å². The molecule has 5 aromatic carbocycles. The van der Waals surface area contributed by atoms with E-state index in [2.05, 4.69) is 106 Å². The molecule has 0 saturated carbocycles. The summed E-state index contributed by atoms with van der Waals surface area (Å²) in [6.45, 7) is 2.06. The minimum absolute atomic E-state index is 0.186. The third-order valence-corrected chi connectivity index (χ3v) is 17.7. The molecule has 0 radical (unpaired) electrons. The maximum absolute atomic E-state index is 11.9. The average Bonchev–Trinajstić information content (AvgIpc) is 4.26. The predicted molar refractivity (Wildman–Crippen MR) is 306 cm³/mol. The number of rotatable bonds is 1. The molecule has 424 valence electrons. The summed E-state index contributed by atoms with van der Waals surface area (Å²) in [7, 11) is 0. The Balaban J connectivity index is 0.000000115. The standard InChI is InChI=1S/C13H12N2O4.C13H14N2O2.C12H11BrN2O2.C12H13N3O2.C10H9BrO/c16-10(17)8-1-2-9-6-13(4-3-7(9)5-8)11(18)14-12(19)15-13;1-8-2-3-10-7-13(5-4-9(10)6-8)11(16)14-12(17)15-13;2*13-9-2-1-8-6-12(4-3-7(8)5-9)10(16)14-11(17)15-12;11-9-3-1-8-6-10(12)4-2-7(8)5-9/h1-2,5H,3-4,6H2,(H,16,17)(H2,14,15,18,19);2-3,6H,4-5,7H2,1H3,(H2,14,15,16,17);1-2,5H,3-4,6H2,(H2,14,15,16,17);1-2,5H,3-4,6,13H2,(H2,14,15,16,17);1,3,5H,2,4,6H2. The molecule has 82 heavy (non-hydrogen) atoms. The van der Waals surface area contributed by atoms with Crippen LogP contribution in [0.3, 0.4) is 0 Å². The zero-order valence-corrected chi connectivity index (χ0v) is 47.8. The number of hydrogen-bond acceptors (Lipinski definition) is 11. The number of imide groups is 4. The Kier molecular flexibility index (Phi) is 15.7. The van der Waals surface area contributed by atoms with E-state index < -0.39 is 40.2 Å². The second kappa shape index (κ2) is 22.6. The molecule has 4 atom stereocenters. The zero-order valence-electron chi connectivity index (χ0n) is 44.6. The quantitative estimate of drug-likeness (QED) is 0.0696. The van der Waals surface area contributed by atoms with Crippen molar-refractivity contribution in [3.63, 3.8) is 0 Å². The van der Waals surface area contributed by atoms with Crippen molar-refractivity contribution in [1.29, 1.82) is 0 Å². The summed E-state index contributed by atoms with van der Waals surface area (Å²) < 4.78 is 2.16. The van der Waals surface area contributed by atoms with E-state index >= 15 is 0 Å². The van der Waals surface area contributed by atoms with Crippen LogP contribution in [0.25, 0.3) is 0 Å². The molecule has 9 aliphatic rings. The number of aryl methyl sites for hydroxylation is 6. The molecule has 4 saturated heterocycles. The zero-order chi connectivity index (χ0) is 58.3. The highest BCUT2D eigenvalue weighted by Crippen LogP contribution is 2.36. The van der Waals surface area contributed by atoms with Crippen LogP contribution in [-0.2, 0) is 88.2 Å². The number of anilines is 1. The molecule has 20 nitrogen and oxygen atoms in total. The van der Waals surface area contributed by atoms with Gasteiger partial charge in [0.25, 0.3) is 23.6 Å². The van der Waals surface area contributed by atoms with Crippen LogP contribution in [0, 0.1) is 6.92 Å². The SMILES string of the molecule is Cc1ccc2c(c1)CCC1(C2)NC(=O)NC1=O.Nc1ccc2c(c1)CCC1(C2)NC(=O)NC1=O.O=C1CCc2cc(Br)ccc2C1.O=C1NC(=O)C2(CCc3cc(Br)ccc3C2)N1.O=C1NC(=O)C2(CCc3cc(C(=O)O)ccc3C2)N1. The van der Waals surface area contributed by atoms with Crippen molar-refractivity contribution in [2.24, 2.45) is 0 Å². The number of hydrogen-bond donors (Lipinski definition) is 10. The summed E-state index contributed by atoms with van der Waals surface area (Å²) in [5.74, 6) is -1.50. The number of nitrogens with one attached hydrogen (secondary N) is 8. The van der Waals surface area contributed by atoms with Gasteiger partial charge in [0, 0.05) is 53.2 Å². The maximum atomic E-state index is 11.9. The third-order valence-electron chi connectivity index (χ3n) is 16.8. The number of carboxylic acids is 1. The topological polar surface area (TPSA) is 313 Å². The van der Waals surface area contributed by atoms with Crippen molar-refractivity contribution in [3.05, 3.63) is 167 Å². The van der Waals surface area contributed by atoms with Gasteiger partial charge in [-0.15, -0.1) is 0 Å². The molecule has 0 aromatic heterocycles. The van der Waals surface area contributed by atoms with Gasteiger partial charge in [0.15, 0.2) is 0 Å². The summed E-state index contributed by atoms with van der Waals surface area (Å²) in [5, 5.41) is 29.1. The van der Waals surface area contributed by atoms with Gasteiger partial charge in [0.1, 0.15) is 27.9 Å². The Morgan fingerprint density at radius 3 is 1.20 bits per heavy atom.